The number of amides is 2. The number of aliphatic carboxylic acids is 1. The smallest absolute Gasteiger partial charge is 0.256 e. The molecule has 7 heteroatoms. The molecule has 0 N–H and O–H groups in total. The van der Waals surface area contributed by atoms with Gasteiger partial charge in [0, 0.05) is 36.9 Å². The van der Waals surface area contributed by atoms with Gasteiger partial charge in [-0.05, 0) is 12.1 Å². The number of hydrogen-bond donors (Lipinski definition) is 0. The molecule has 7 nitrogen and oxygen atoms in total. The number of nitrogens with zero attached hydrogens (tertiary/aromatic N) is 2. The first-order valence-corrected chi connectivity index (χ1v) is 9.19. The van der Waals surface area contributed by atoms with E-state index in [1.165, 1.54) is 4.90 Å². The Labute approximate surface area is 158 Å². The van der Waals surface area contributed by atoms with Crippen LogP contribution in [0.4, 0.5) is 0 Å². The first-order chi connectivity index (χ1) is 12.7. The van der Waals surface area contributed by atoms with Gasteiger partial charge in [0.1, 0.15) is 5.72 Å². The highest BCUT2D eigenvalue weighted by Crippen LogP contribution is 2.39. The van der Waals surface area contributed by atoms with Crippen LogP contribution in [0.2, 0.25) is 0 Å². The van der Waals surface area contributed by atoms with E-state index in [2.05, 4.69) is 0 Å². The Morgan fingerprint density at radius 1 is 1.11 bits per heavy atom. The lowest BCUT2D eigenvalue weighted by atomic mass is 9.91. The normalized spacial score (nSPS) is 22.1. The van der Waals surface area contributed by atoms with Crippen LogP contribution in [0.1, 0.15) is 44.0 Å². The van der Waals surface area contributed by atoms with Gasteiger partial charge in [-0.25, -0.2) is 0 Å². The summed E-state index contributed by atoms with van der Waals surface area (Å²) >= 11 is 0. The van der Waals surface area contributed by atoms with Crippen molar-refractivity contribution in [3.05, 3.63) is 35.9 Å². The fourth-order valence-electron chi connectivity index (χ4n) is 3.80. The van der Waals surface area contributed by atoms with Gasteiger partial charge in [0.05, 0.1) is 18.6 Å². The quantitative estimate of drug-likeness (QED) is 0.759. The third-order valence-electron chi connectivity index (χ3n) is 5.25. The number of ether oxygens (including phenoxy) is 1. The Kier molecular flexibility index (Phi) is 4.99. The topological polar surface area (TPSA) is 90.0 Å². The Bertz CT molecular complexity index is 732. The summed E-state index contributed by atoms with van der Waals surface area (Å²) in [5.41, 5.74) is -1.11. The second-order valence-electron chi connectivity index (χ2n) is 8.18. The lowest BCUT2D eigenvalue weighted by Crippen LogP contribution is -2.60. The number of carbonyl (C=O) groups is 3. The van der Waals surface area contributed by atoms with Crippen molar-refractivity contribution >= 4 is 17.8 Å². The lowest BCUT2D eigenvalue weighted by molar-refractivity contribution is -0.310. The molecule has 27 heavy (non-hydrogen) atoms. The van der Waals surface area contributed by atoms with Crippen molar-refractivity contribution in [1.82, 2.24) is 9.80 Å². The third kappa shape index (κ3) is 3.56. The SMILES string of the molecule is CC(C)(C)C(=O)N1CCC2(CC1)OC[C@@H](C(=O)[O-])N2C(=O)c1ccccc1. The summed E-state index contributed by atoms with van der Waals surface area (Å²) in [5, 5.41) is 11.6. The Hall–Kier alpha value is -2.41. The molecule has 0 aliphatic carbocycles. The molecule has 1 spiro atoms. The largest absolute Gasteiger partial charge is 0.548 e. The predicted octanol–water partition coefficient (Wildman–Crippen LogP) is 0.642. The van der Waals surface area contributed by atoms with Crippen LogP contribution in [0.3, 0.4) is 0 Å². The second kappa shape index (κ2) is 6.96. The Balaban J connectivity index is 1.85. The molecular weight excluding hydrogens is 348 g/mol. The number of carbonyl (C=O) groups excluding carboxylic acids is 3. The zero-order valence-corrected chi connectivity index (χ0v) is 15.9. The fraction of sp³-hybridized carbons (Fsp3) is 0.550. The van der Waals surface area contributed by atoms with Crippen molar-refractivity contribution in [2.24, 2.45) is 5.41 Å². The molecule has 1 aromatic carbocycles. The average Bonchev–Trinajstić information content (AvgIpc) is 3.00. The fourth-order valence-corrected chi connectivity index (χ4v) is 3.80. The molecular formula is C20H25N2O5-. The molecule has 3 rings (SSSR count). The molecule has 0 unspecified atom stereocenters. The average molecular weight is 373 g/mol. The van der Waals surface area contributed by atoms with Gasteiger partial charge in [-0.15, -0.1) is 0 Å². The van der Waals surface area contributed by atoms with Crippen LogP contribution < -0.4 is 5.11 Å². The summed E-state index contributed by atoms with van der Waals surface area (Å²) in [7, 11) is 0. The maximum Gasteiger partial charge on any atom is 0.256 e. The second-order valence-corrected chi connectivity index (χ2v) is 8.18. The van der Waals surface area contributed by atoms with Gasteiger partial charge in [0.15, 0.2) is 0 Å². The van der Waals surface area contributed by atoms with Gasteiger partial charge in [-0.3, -0.25) is 14.5 Å². The molecule has 2 saturated heterocycles. The zero-order valence-electron chi connectivity index (χ0n) is 15.9. The molecule has 0 bridgehead atoms. The molecule has 2 amide bonds. The van der Waals surface area contributed by atoms with Crippen molar-refractivity contribution in [2.45, 2.75) is 45.4 Å². The van der Waals surface area contributed by atoms with Crippen LogP contribution in [0.15, 0.2) is 30.3 Å². The van der Waals surface area contributed by atoms with Crippen LogP contribution in [0.5, 0.6) is 0 Å². The van der Waals surface area contributed by atoms with E-state index in [9.17, 15) is 19.5 Å². The van der Waals surface area contributed by atoms with Crippen molar-refractivity contribution in [3.8, 4) is 0 Å². The maximum absolute atomic E-state index is 13.1. The first kappa shape index (κ1) is 19.4. The summed E-state index contributed by atoms with van der Waals surface area (Å²) < 4.78 is 5.87. The molecule has 0 radical (unpaired) electrons. The number of rotatable bonds is 2. The highest BCUT2D eigenvalue weighted by atomic mass is 16.5. The van der Waals surface area contributed by atoms with E-state index in [1.54, 1.807) is 35.2 Å². The number of likely N-dealkylation sites (tertiary alicyclic amines) is 1. The van der Waals surface area contributed by atoms with Crippen molar-refractivity contribution in [3.63, 3.8) is 0 Å². The van der Waals surface area contributed by atoms with Crippen LogP contribution in [-0.4, -0.2) is 59.0 Å². The van der Waals surface area contributed by atoms with Gasteiger partial charge in [0.2, 0.25) is 5.91 Å². The molecule has 1 aromatic rings. The van der Waals surface area contributed by atoms with E-state index in [-0.39, 0.29) is 12.5 Å². The zero-order chi connectivity index (χ0) is 19.8. The summed E-state index contributed by atoms with van der Waals surface area (Å²) in [4.78, 5) is 40.3. The standard InChI is InChI=1S/C20H26N2O5/c1-19(2,3)18(26)21-11-9-20(10-12-21)22(15(13-27-20)17(24)25)16(23)14-7-5-4-6-8-14/h4-8,15H,9-13H2,1-3H3,(H,24,25)/p-1/t15-/m0/s1. The van der Waals surface area contributed by atoms with E-state index >= 15 is 0 Å². The summed E-state index contributed by atoms with van der Waals surface area (Å²) in [5.74, 6) is -1.69. The van der Waals surface area contributed by atoms with Crippen LogP contribution in [0.25, 0.3) is 0 Å². The Morgan fingerprint density at radius 3 is 2.22 bits per heavy atom. The van der Waals surface area contributed by atoms with E-state index in [1.807, 2.05) is 20.8 Å². The van der Waals surface area contributed by atoms with Gasteiger partial charge in [0.25, 0.3) is 5.91 Å². The molecule has 2 aliphatic heterocycles. The number of benzene rings is 1. The third-order valence-corrected chi connectivity index (χ3v) is 5.25. The summed E-state index contributed by atoms with van der Waals surface area (Å²) in [6.45, 7) is 6.31. The molecule has 0 aromatic heterocycles. The predicted molar refractivity (Wildman–Crippen MR) is 95.4 cm³/mol. The van der Waals surface area contributed by atoms with E-state index in [0.29, 0.717) is 31.5 Å². The first-order valence-electron chi connectivity index (χ1n) is 9.19. The van der Waals surface area contributed by atoms with E-state index in [4.69, 9.17) is 4.74 Å². The van der Waals surface area contributed by atoms with Crippen molar-refractivity contribution in [2.75, 3.05) is 19.7 Å². The summed E-state index contributed by atoms with van der Waals surface area (Å²) in [6, 6.07) is 7.42. The minimum Gasteiger partial charge on any atom is -0.548 e. The molecule has 2 heterocycles. The maximum atomic E-state index is 13.1. The van der Waals surface area contributed by atoms with E-state index < -0.39 is 29.1 Å². The van der Waals surface area contributed by atoms with Crippen molar-refractivity contribution in [1.29, 1.82) is 0 Å². The molecule has 2 aliphatic rings. The highest BCUT2D eigenvalue weighted by Gasteiger charge is 2.52. The number of piperidine rings is 1. The minimum absolute atomic E-state index is 0.0349. The monoisotopic (exact) mass is 373 g/mol. The van der Waals surface area contributed by atoms with Gasteiger partial charge >= 0.3 is 0 Å². The minimum atomic E-state index is -1.33. The number of carboxylic acid groups (broad SMARTS) is 1. The van der Waals surface area contributed by atoms with Crippen LogP contribution in [-0.2, 0) is 14.3 Å². The Morgan fingerprint density at radius 2 is 1.70 bits per heavy atom. The number of hydrogen-bond acceptors (Lipinski definition) is 5. The van der Waals surface area contributed by atoms with Gasteiger partial charge < -0.3 is 19.5 Å². The van der Waals surface area contributed by atoms with Crippen molar-refractivity contribution < 1.29 is 24.2 Å². The highest BCUT2D eigenvalue weighted by molar-refractivity contribution is 5.97. The van der Waals surface area contributed by atoms with Crippen LogP contribution in [0, 0.1) is 5.41 Å². The van der Waals surface area contributed by atoms with Gasteiger partial charge in [-0.2, -0.15) is 0 Å². The van der Waals surface area contributed by atoms with Crippen LogP contribution >= 0.6 is 0 Å². The number of carboxylic acids is 1. The molecule has 2 fully saturated rings. The lowest BCUT2D eigenvalue weighted by Gasteiger charge is -2.45. The molecule has 146 valence electrons. The summed E-state index contributed by atoms with van der Waals surface area (Å²) in [6.07, 6.45) is 0.744. The van der Waals surface area contributed by atoms with Gasteiger partial charge in [-0.1, -0.05) is 39.0 Å². The molecule has 0 saturated carbocycles. The van der Waals surface area contributed by atoms with E-state index in [0.717, 1.165) is 0 Å². The molecule has 1 atom stereocenters.